The first-order valence-corrected chi connectivity index (χ1v) is 12.0. The molecule has 0 aliphatic carbocycles. The van der Waals surface area contributed by atoms with E-state index in [1.54, 1.807) is 0 Å². The number of nitrogens with one attached hydrogen (secondary N) is 1. The lowest BCUT2D eigenvalue weighted by atomic mass is 9.92. The molecule has 0 aromatic heterocycles. The highest BCUT2D eigenvalue weighted by molar-refractivity contribution is 6.32. The Hall–Kier alpha value is -4.57. The van der Waals surface area contributed by atoms with Crippen molar-refractivity contribution in [2.75, 3.05) is 0 Å². The SMILES string of the molecule is [B]c1ccc(C(N)=NC2NC=C(c3ccc4ccccc4c3)C=C2c2ccc3ccccc3c2)cc1. The number of hydrogen-bond donors (Lipinski definition) is 2. The Bertz CT molecular complexity index is 1680. The van der Waals surface area contributed by atoms with Crippen molar-refractivity contribution in [3.8, 4) is 0 Å². The molecule has 0 saturated heterocycles. The third kappa shape index (κ3) is 4.30. The molecule has 0 saturated carbocycles. The van der Waals surface area contributed by atoms with Crippen LogP contribution in [0.5, 0.6) is 0 Å². The number of allylic oxidation sites excluding steroid dienone is 2. The van der Waals surface area contributed by atoms with Crippen LogP contribution >= 0.6 is 0 Å². The van der Waals surface area contributed by atoms with E-state index in [-0.39, 0.29) is 6.17 Å². The summed E-state index contributed by atoms with van der Waals surface area (Å²) in [7, 11) is 5.85. The Kier molecular flexibility index (Phi) is 5.63. The number of amidine groups is 1. The summed E-state index contributed by atoms with van der Waals surface area (Å²) in [6, 6.07) is 37.3. The van der Waals surface area contributed by atoms with E-state index in [2.05, 4.69) is 96.3 Å². The number of fused-ring (bicyclic) bond motifs is 2. The van der Waals surface area contributed by atoms with Gasteiger partial charge >= 0.3 is 0 Å². The predicted molar refractivity (Wildman–Crippen MR) is 153 cm³/mol. The van der Waals surface area contributed by atoms with E-state index in [9.17, 15) is 0 Å². The standard InChI is InChI=1S/C32H24BN3/c33-29-15-13-23(14-16-29)31(34)36-32-30(27-12-10-22-6-2-4-8-25(22)18-27)19-28(20-35-32)26-11-9-21-5-1-3-7-24(21)17-26/h1-20,32,35H,(H2,34,36). The van der Waals surface area contributed by atoms with Gasteiger partial charge in [0.1, 0.15) is 19.8 Å². The van der Waals surface area contributed by atoms with Crippen molar-refractivity contribution in [2.24, 2.45) is 10.7 Å². The van der Waals surface area contributed by atoms with E-state index < -0.39 is 0 Å². The molecule has 170 valence electrons. The van der Waals surface area contributed by atoms with Crippen LogP contribution in [0.15, 0.2) is 126 Å². The molecule has 36 heavy (non-hydrogen) atoms. The molecule has 5 aromatic carbocycles. The van der Waals surface area contributed by atoms with Gasteiger partial charge in [-0.1, -0.05) is 103 Å². The van der Waals surface area contributed by atoms with E-state index in [0.717, 1.165) is 27.8 Å². The second kappa shape index (κ2) is 9.24. The van der Waals surface area contributed by atoms with Gasteiger partial charge < -0.3 is 11.1 Å². The number of dihydropyridines is 1. The third-order valence-corrected chi connectivity index (χ3v) is 6.64. The number of aliphatic imine (C=N–C) groups is 1. The fourth-order valence-electron chi connectivity index (χ4n) is 4.67. The van der Waals surface area contributed by atoms with Gasteiger partial charge in [0, 0.05) is 17.3 Å². The van der Waals surface area contributed by atoms with E-state index in [0.29, 0.717) is 11.3 Å². The summed E-state index contributed by atoms with van der Waals surface area (Å²) in [6.07, 6.45) is 3.92. The van der Waals surface area contributed by atoms with Gasteiger partial charge in [-0.3, -0.25) is 0 Å². The molecule has 5 aromatic rings. The molecular formula is C32H24BN3. The molecule has 6 rings (SSSR count). The van der Waals surface area contributed by atoms with Crippen LogP contribution in [0.4, 0.5) is 0 Å². The van der Waals surface area contributed by atoms with Gasteiger partial charge in [0.05, 0.1) is 0 Å². The number of benzene rings is 5. The molecular weight excluding hydrogens is 437 g/mol. The molecule has 1 heterocycles. The smallest absolute Gasteiger partial charge is 0.147 e. The van der Waals surface area contributed by atoms with E-state index >= 15 is 0 Å². The molecule has 1 aliphatic heterocycles. The molecule has 1 unspecified atom stereocenters. The summed E-state index contributed by atoms with van der Waals surface area (Å²) in [6.45, 7) is 0. The molecule has 3 nitrogen and oxygen atoms in total. The van der Waals surface area contributed by atoms with Crippen molar-refractivity contribution in [3.63, 3.8) is 0 Å². The minimum atomic E-state index is -0.326. The maximum Gasteiger partial charge on any atom is 0.147 e. The molecule has 0 bridgehead atoms. The zero-order valence-corrected chi connectivity index (χ0v) is 19.7. The molecule has 0 amide bonds. The Morgan fingerprint density at radius 3 is 1.94 bits per heavy atom. The van der Waals surface area contributed by atoms with Crippen LogP contribution in [0.25, 0.3) is 32.7 Å². The largest absolute Gasteiger partial charge is 0.383 e. The van der Waals surface area contributed by atoms with Gasteiger partial charge in [-0.05, 0) is 56.5 Å². The fourth-order valence-corrected chi connectivity index (χ4v) is 4.67. The fraction of sp³-hybridized carbons (Fsp3) is 0.0312. The minimum absolute atomic E-state index is 0.326. The first kappa shape index (κ1) is 21.9. The van der Waals surface area contributed by atoms with Crippen LogP contribution < -0.4 is 16.5 Å². The average molecular weight is 461 g/mol. The van der Waals surface area contributed by atoms with Gasteiger partial charge in [0.15, 0.2) is 0 Å². The van der Waals surface area contributed by atoms with Gasteiger partial charge in [-0.2, -0.15) is 0 Å². The topological polar surface area (TPSA) is 50.4 Å². The van der Waals surface area contributed by atoms with Gasteiger partial charge in [-0.25, -0.2) is 4.99 Å². The second-order valence-electron chi connectivity index (χ2n) is 9.03. The summed E-state index contributed by atoms with van der Waals surface area (Å²) >= 11 is 0. The number of nitrogens with zero attached hydrogens (tertiary/aromatic N) is 1. The van der Waals surface area contributed by atoms with Crippen molar-refractivity contribution in [2.45, 2.75) is 6.17 Å². The summed E-state index contributed by atoms with van der Waals surface area (Å²) in [4.78, 5) is 4.88. The van der Waals surface area contributed by atoms with Gasteiger partial charge in [0.2, 0.25) is 0 Å². The van der Waals surface area contributed by atoms with E-state index in [1.165, 1.54) is 21.5 Å². The lowest BCUT2D eigenvalue weighted by molar-refractivity contribution is 0.749. The summed E-state index contributed by atoms with van der Waals surface area (Å²) in [5, 5.41) is 8.33. The number of nitrogens with two attached hydrogens (primary N) is 1. The predicted octanol–water partition coefficient (Wildman–Crippen LogP) is 5.55. The summed E-state index contributed by atoms with van der Waals surface area (Å²) in [5.41, 5.74) is 12.4. The van der Waals surface area contributed by atoms with Gasteiger partial charge in [-0.15, -0.1) is 0 Å². The highest BCUT2D eigenvalue weighted by atomic mass is 15.1. The highest BCUT2D eigenvalue weighted by Crippen LogP contribution is 2.32. The molecule has 2 radical (unpaired) electrons. The molecule has 1 aliphatic rings. The van der Waals surface area contributed by atoms with Crippen LogP contribution in [0.3, 0.4) is 0 Å². The Morgan fingerprint density at radius 2 is 1.28 bits per heavy atom. The van der Waals surface area contributed by atoms with Crippen molar-refractivity contribution >= 4 is 51.8 Å². The quantitative estimate of drug-likeness (QED) is 0.210. The van der Waals surface area contributed by atoms with Crippen molar-refractivity contribution in [1.29, 1.82) is 0 Å². The minimum Gasteiger partial charge on any atom is -0.383 e. The molecule has 0 fully saturated rings. The maximum atomic E-state index is 6.44. The van der Waals surface area contributed by atoms with Crippen LogP contribution in [-0.4, -0.2) is 19.8 Å². The average Bonchev–Trinajstić information content (AvgIpc) is 2.93. The lowest BCUT2D eigenvalue weighted by Gasteiger charge is -2.24. The van der Waals surface area contributed by atoms with E-state index in [1.807, 2.05) is 30.5 Å². The maximum absolute atomic E-state index is 6.44. The zero-order valence-electron chi connectivity index (χ0n) is 19.7. The normalized spacial score (nSPS) is 15.9. The van der Waals surface area contributed by atoms with Crippen LogP contribution in [0.1, 0.15) is 16.7 Å². The monoisotopic (exact) mass is 461 g/mol. The lowest BCUT2D eigenvalue weighted by Crippen LogP contribution is -2.30. The van der Waals surface area contributed by atoms with Crippen molar-refractivity contribution in [1.82, 2.24) is 5.32 Å². The Morgan fingerprint density at radius 1 is 0.694 bits per heavy atom. The highest BCUT2D eigenvalue weighted by Gasteiger charge is 2.20. The Balaban J connectivity index is 1.44. The Labute approximate surface area is 212 Å². The van der Waals surface area contributed by atoms with Gasteiger partial charge in [0.25, 0.3) is 0 Å². The van der Waals surface area contributed by atoms with Crippen LogP contribution in [0.2, 0.25) is 0 Å². The third-order valence-electron chi connectivity index (χ3n) is 6.64. The second-order valence-corrected chi connectivity index (χ2v) is 9.03. The molecule has 0 spiro atoms. The van der Waals surface area contributed by atoms with Crippen molar-refractivity contribution in [3.05, 3.63) is 138 Å². The van der Waals surface area contributed by atoms with Crippen LogP contribution in [-0.2, 0) is 0 Å². The first-order chi connectivity index (χ1) is 17.6. The van der Waals surface area contributed by atoms with Crippen molar-refractivity contribution < 1.29 is 0 Å². The summed E-state index contributed by atoms with van der Waals surface area (Å²) in [5.74, 6) is 0.460. The molecule has 1 atom stereocenters. The van der Waals surface area contributed by atoms with Crippen LogP contribution in [0, 0.1) is 0 Å². The molecule has 3 N–H and O–H groups in total. The summed E-state index contributed by atoms with van der Waals surface area (Å²) < 4.78 is 0. The zero-order chi connectivity index (χ0) is 24.5. The van der Waals surface area contributed by atoms with E-state index in [4.69, 9.17) is 18.6 Å². The first-order valence-electron chi connectivity index (χ1n) is 12.0. The number of hydrogen-bond acceptors (Lipinski definition) is 2. The molecule has 4 heteroatoms. The number of rotatable bonds is 4.